The van der Waals surface area contributed by atoms with Crippen LogP contribution in [0.3, 0.4) is 0 Å². The predicted molar refractivity (Wildman–Crippen MR) is 72.7 cm³/mol. The molecule has 1 unspecified atom stereocenters. The molecule has 100 valence electrons. The second kappa shape index (κ2) is 6.34. The fraction of sp³-hybridized carbons (Fsp3) is 0.250. The lowest BCUT2D eigenvalue weighted by Crippen LogP contribution is -2.02. The summed E-state index contributed by atoms with van der Waals surface area (Å²) in [6.45, 7) is 0. The summed E-state index contributed by atoms with van der Waals surface area (Å²) in [6.07, 6.45) is 0.413. The second-order valence-corrected chi connectivity index (χ2v) is 4.42. The van der Waals surface area contributed by atoms with Gasteiger partial charge in [-0.15, -0.1) is 0 Å². The normalized spacial score (nSPS) is 12.2. The van der Waals surface area contributed by atoms with Gasteiger partial charge < -0.3 is 9.84 Å². The van der Waals surface area contributed by atoms with Gasteiger partial charge in [-0.25, -0.2) is 4.39 Å². The van der Waals surface area contributed by atoms with Crippen molar-refractivity contribution in [1.29, 1.82) is 0 Å². The molecule has 0 heterocycles. The topological polar surface area (TPSA) is 29.5 Å². The van der Waals surface area contributed by atoms with Crippen molar-refractivity contribution in [3.63, 3.8) is 0 Å². The molecule has 2 rings (SSSR count). The lowest BCUT2D eigenvalue weighted by Gasteiger charge is -2.12. The van der Waals surface area contributed by atoms with E-state index in [-0.39, 0.29) is 5.82 Å². The summed E-state index contributed by atoms with van der Waals surface area (Å²) in [5.41, 5.74) is 1.45. The molecule has 0 saturated heterocycles. The Bertz CT molecular complexity index is 523. The van der Waals surface area contributed by atoms with Crippen LogP contribution < -0.4 is 4.74 Å². The SMILES string of the molecule is COc1ccc(CCC(O)c2ccccc2F)cc1. The van der Waals surface area contributed by atoms with Crippen LogP contribution >= 0.6 is 0 Å². The lowest BCUT2D eigenvalue weighted by molar-refractivity contribution is 0.163. The Balaban J connectivity index is 1.96. The van der Waals surface area contributed by atoms with Gasteiger partial charge in [0.1, 0.15) is 11.6 Å². The van der Waals surface area contributed by atoms with Crippen LogP contribution in [0.2, 0.25) is 0 Å². The van der Waals surface area contributed by atoms with Gasteiger partial charge >= 0.3 is 0 Å². The molecule has 1 N–H and O–H groups in total. The molecule has 0 spiro atoms. The molecule has 0 fully saturated rings. The van der Waals surface area contributed by atoms with E-state index in [2.05, 4.69) is 0 Å². The van der Waals surface area contributed by atoms with Crippen molar-refractivity contribution in [2.45, 2.75) is 18.9 Å². The molecule has 0 aliphatic rings. The number of aliphatic hydroxyl groups excluding tert-OH is 1. The number of hydrogen-bond donors (Lipinski definition) is 1. The first-order valence-electron chi connectivity index (χ1n) is 6.26. The van der Waals surface area contributed by atoms with Crippen LogP contribution in [0.15, 0.2) is 48.5 Å². The van der Waals surface area contributed by atoms with E-state index in [0.29, 0.717) is 18.4 Å². The third-order valence-electron chi connectivity index (χ3n) is 3.13. The largest absolute Gasteiger partial charge is 0.497 e. The van der Waals surface area contributed by atoms with E-state index in [1.807, 2.05) is 24.3 Å². The molecule has 2 nitrogen and oxygen atoms in total. The summed E-state index contributed by atoms with van der Waals surface area (Å²) in [6, 6.07) is 14.0. The van der Waals surface area contributed by atoms with Crippen molar-refractivity contribution in [3.05, 3.63) is 65.5 Å². The molecule has 0 radical (unpaired) electrons. The summed E-state index contributed by atoms with van der Waals surface area (Å²) in [4.78, 5) is 0. The van der Waals surface area contributed by atoms with Crippen LogP contribution in [-0.2, 0) is 6.42 Å². The molecule has 0 aromatic heterocycles. The molecule has 0 amide bonds. The first kappa shape index (κ1) is 13.6. The third-order valence-corrected chi connectivity index (χ3v) is 3.13. The summed E-state index contributed by atoms with van der Waals surface area (Å²) < 4.78 is 18.6. The highest BCUT2D eigenvalue weighted by molar-refractivity contribution is 5.27. The van der Waals surface area contributed by atoms with Crippen LogP contribution in [0, 0.1) is 5.82 Å². The first-order chi connectivity index (χ1) is 9.20. The van der Waals surface area contributed by atoms with Crippen LogP contribution in [0.1, 0.15) is 23.7 Å². The molecular formula is C16H17FO2. The molecule has 19 heavy (non-hydrogen) atoms. The first-order valence-corrected chi connectivity index (χ1v) is 6.26. The van der Waals surface area contributed by atoms with E-state index in [1.54, 1.807) is 25.3 Å². The van der Waals surface area contributed by atoms with Gasteiger partial charge in [0, 0.05) is 5.56 Å². The van der Waals surface area contributed by atoms with Gasteiger partial charge in [-0.05, 0) is 36.6 Å². The van der Waals surface area contributed by atoms with Crippen molar-refractivity contribution >= 4 is 0 Å². The van der Waals surface area contributed by atoms with Crippen LogP contribution in [0.25, 0.3) is 0 Å². The Labute approximate surface area is 112 Å². The van der Waals surface area contributed by atoms with Crippen LogP contribution in [-0.4, -0.2) is 12.2 Å². The fourth-order valence-electron chi connectivity index (χ4n) is 2.00. The fourth-order valence-corrected chi connectivity index (χ4v) is 2.00. The zero-order chi connectivity index (χ0) is 13.7. The predicted octanol–water partition coefficient (Wildman–Crippen LogP) is 3.50. The zero-order valence-corrected chi connectivity index (χ0v) is 10.8. The summed E-state index contributed by atoms with van der Waals surface area (Å²) in [7, 11) is 1.62. The van der Waals surface area contributed by atoms with E-state index in [4.69, 9.17) is 4.74 Å². The Kier molecular flexibility index (Phi) is 4.53. The smallest absolute Gasteiger partial charge is 0.128 e. The van der Waals surface area contributed by atoms with E-state index >= 15 is 0 Å². The minimum absolute atomic E-state index is 0.357. The lowest BCUT2D eigenvalue weighted by atomic mass is 10.0. The van der Waals surface area contributed by atoms with Crippen molar-refractivity contribution in [1.82, 2.24) is 0 Å². The molecule has 0 bridgehead atoms. The highest BCUT2D eigenvalue weighted by atomic mass is 19.1. The van der Waals surface area contributed by atoms with Crippen molar-refractivity contribution in [3.8, 4) is 5.75 Å². The highest BCUT2D eigenvalue weighted by Crippen LogP contribution is 2.22. The van der Waals surface area contributed by atoms with Crippen molar-refractivity contribution < 1.29 is 14.2 Å². The molecule has 2 aromatic rings. The van der Waals surface area contributed by atoms with Gasteiger partial charge in [0.25, 0.3) is 0 Å². The molecule has 0 saturated carbocycles. The quantitative estimate of drug-likeness (QED) is 0.891. The van der Waals surface area contributed by atoms with E-state index in [0.717, 1.165) is 11.3 Å². The third kappa shape index (κ3) is 3.55. The Morgan fingerprint density at radius 3 is 2.42 bits per heavy atom. The molecular weight excluding hydrogens is 243 g/mol. The number of aryl methyl sites for hydroxylation is 1. The zero-order valence-electron chi connectivity index (χ0n) is 10.8. The molecule has 0 aliphatic heterocycles. The number of benzene rings is 2. The van der Waals surface area contributed by atoms with Crippen LogP contribution in [0.4, 0.5) is 4.39 Å². The number of rotatable bonds is 5. The number of aliphatic hydroxyl groups is 1. The maximum absolute atomic E-state index is 13.5. The van der Waals surface area contributed by atoms with Gasteiger partial charge in [-0.1, -0.05) is 30.3 Å². The van der Waals surface area contributed by atoms with Crippen LogP contribution in [0.5, 0.6) is 5.75 Å². The highest BCUT2D eigenvalue weighted by Gasteiger charge is 2.11. The second-order valence-electron chi connectivity index (χ2n) is 4.42. The van der Waals surface area contributed by atoms with Crippen molar-refractivity contribution in [2.75, 3.05) is 7.11 Å². The molecule has 2 aromatic carbocycles. The van der Waals surface area contributed by atoms with Gasteiger partial charge in [0.15, 0.2) is 0 Å². The number of halogens is 1. The maximum atomic E-state index is 13.5. The minimum Gasteiger partial charge on any atom is -0.497 e. The summed E-state index contributed by atoms with van der Waals surface area (Å²) >= 11 is 0. The molecule has 3 heteroatoms. The number of methoxy groups -OCH3 is 1. The van der Waals surface area contributed by atoms with Gasteiger partial charge in [0.05, 0.1) is 13.2 Å². The van der Waals surface area contributed by atoms with Crippen molar-refractivity contribution in [2.24, 2.45) is 0 Å². The maximum Gasteiger partial charge on any atom is 0.128 e. The van der Waals surface area contributed by atoms with Gasteiger partial charge in [0.2, 0.25) is 0 Å². The van der Waals surface area contributed by atoms with E-state index in [1.165, 1.54) is 6.07 Å². The Hall–Kier alpha value is -1.87. The minimum atomic E-state index is -0.775. The van der Waals surface area contributed by atoms with E-state index < -0.39 is 6.10 Å². The number of hydrogen-bond acceptors (Lipinski definition) is 2. The van der Waals surface area contributed by atoms with Gasteiger partial charge in [-0.3, -0.25) is 0 Å². The molecule has 0 aliphatic carbocycles. The monoisotopic (exact) mass is 260 g/mol. The molecule has 1 atom stereocenters. The summed E-state index contributed by atoms with van der Waals surface area (Å²) in [5, 5.41) is 10.00. The average molecular weight is 260 g/mol. The standard InChI is InChI=1S/C16H17FO2/c1-19-13-9-6-12(7-10-13)8-11-16(18)14-4-2-3-5-15(14)17/h2-7,9-10,16,18H,8,11H2,1H3. The Morgan fingerprint density at radius 2 is 1.79 bits per heavy atom. The number of ether oxygens (including phenoxy) is 1. The average Bonchev–Trinajstić information content (AvgIpc) is 2.46. The van der Waals surface area contributed by atoms with Gasteiger partial charge in [-0.2, -0.15) is 0 Å². The summed E-state index contributed by atoms with van der Waals surface area (Å²) in [5.74, 6) is 0.447. The van der Waals surface area contributed by atoms with E-state index in [9.17, 15) is 9.50 Å². The Morgan fingerprint density at radius 1 is 1.11 bits per heavy atom.